The number of rotatable bonds is 9. The van der Waals surface area contributed by atoms with Crippen molar-refractivity contribution in [2.24, 2.45) is 0 Å². The first-order valence-electron chi connectivity index (χ1n) is 9.93. The summed E-state index contributed by atoms with van der Waals surface area (Å²) in [6, 6.07) is 8.09. The maximum Gasteiger partial charge on any atom is 0.408 e. The number of piperidine rings is 1. The molecule has 8 heteroatoms. The quantitative estimate of drug-likeness (QED) is 0.604. The van der Waals surface area contributed by atoms with Gasteiger partial charge in [0.15, 0.2) is 0 Å². The molecule has 1 unspecified atom stereocenters. The standard InChI is InChI=1S/C22H29N3O5/c1-3-9-19(23-21(27)30-16-17-10-6-5-7-11-17)20(26)25(13-4-2)18-12-8-14-24(15-18)22(28)29/h3-7,10-11,18-19H,1-2,8-9,12-16H2,(H,23,27)(H,28,29)/t18-,19?/m1/s1. The second kappa shape index (κ2) is 11.6. The molecule has 0 radical (unpaired) electrons. The minimum atomic E-state index is -1.00. The minimum absolute atomic E-state index is 0.0915. The lowest BCUT2D eigenvalue weighted by Gasteiger charge is -2.39. The molecule has 1 fully saturated rings. The van der Waals surface area contributed by atoms with Gasteiger partial charge in [-0.05, 0) is 24.8 Å². The van der Waals surface area contributed by atoms with Crippen molar-refractivity contribution >= 4 is 18.1 Å². The van der Waals surface area contributed by atoms with Crippen molar-refractivity contribution in [1.82, 2.24) is 15.1 Å². The summed E-state index contributed by atoms with van der Waals surface area (Å²) in [6.45, 7) is 8.40. The Hall–Kier alpha value is -3.29. The molecule has 1 saturated heterocycles. The molecule has 0 saturated carbocycles. The first kappa shape index (κ1) is 23.0. The van der Waals surface area contributed by atoms with Crippen molar-refractivity contribution in [3.8, 4) is 0 Å². The number of alkyl carbamates (subject to hydrolysis) is 1. The van der Waals surface area contributed by atoms with Gasteiger partial charge >= 0.3 is 12.2 Å². The highest BCUT2D eigenvalue weighted by Gasteiger charge is 2.33. The molecule has 1 heterocycles. The van der Waals surface area contributed by atoms with E-state index >= 15 is 0 Å². The van der Waals surface area contributed by atoms with Crippen molar-refractivity contribution in [2.45, 2.75) is 38.0 Å². The van der Waals surface area contributed by atoms with Crippen LogP contribution in [0, 0.1) is 0 Å². The van der Waals surface area contributed by atoms with E-state index in [2.05, 4.69) is 18.5 Å². The van der Waals surface area contributed by atoms with E-state index in [1.54, 1.807) is 17.1 Å². The Balaban J connectivity index is 2.04. The highest BCUT2D eigenvalue weighted by atomic mass is 16.5. The number of ether oxygens (including phenoxy) is 1. The van der Waals surface area contributed by atoms with Gasteiger partial charge in [0.2, 0.25) is 5.91 Å². The molecule has 0 aliphatic carbocycles. The van der Waals surface area contributed by atoms with Gasteiger partial charge in [-0.2, -0.15) is 0 Å². The molecule has 1 aromatic carbocycles. The minimum Gasteiger partial charge on any atom is -0.465 e. The SMILES string of the molecule is C=CCC(NC(=O)OCc1ccccc1)C(=O)N(CC=C)[C@@H]1CCCN(C(=O)O)C1. The highest BCUT2D eigenvalue weighted by Crippen LogP contribution is 2.18. The molecule has 2 N–H and O–H groups in total. The van der Waals surface area contributed by atoms with Crippen LogP contribution in [0.25, 0.3) is 0 Å². The van der Waals surface area contributed by atoms with Gasteiger partial charge in [-0.25, -0.2) is 9.59 Å². The van der Waals surface area contributed by atoms with Crippen LogP contribution in [0.2, 0.25) is 0 Å². The van der Waals surface area contributed by atoms with Crippen LogP contribution in [-0.4, -0.2) is 64.7 Å². The number of carboxylic acid groups (broad SMARTS) is 1. The first-order chi connectivity index (χ1) is 14.5. The van der Waals surface area contributed by atoms with Crippen molar-refractivity contribution in [2.75, 3.05) is 19.6 Å². The van der Waals surface area contributed by atoms with Crippen LogP contribution in [0.3, 0.4) is 0 Å². The lowest BCUT2D eigenvalue weighted by atomic mass is 10.0. The van der Waals surface area contributed by atoms with E-state index < -0.39 is 18.2 Å². The van der Waals surface area contributed by atoms with Crippen LogP contribution in [-0.2, 0) is 16.1 Å². The summed E-state index contributed by atoms with van der Waals surface area (Å²) in [5.74, 6) is -0.316. The summed E-state index contributed by atoms with van der Waals surface area (Å²) in [5, 5.41) is 11.9. The zero-order valence-corrected chi connectivity index (χ0v) is 17.0. The first-order valence-corrected chi connectivity index (χ1v) is 9.93. The second-order valence-electron chi connectivity index (χ2n) is 7.09. The van der Waals surface area contributed by atoms with E-state index in [1.165, 1.54) is 4.90 Å². The number of hydrogen-bond acceptors (Lipinski definition) is 4. The number of amides is 3. The molecule has 2 atom stereocenters. The van der Waals surface area contributed by atoms with Gasteiger partial charge in [0.25, 0.3) is 0 Å². The van der Waals surface area contributed by atoms with E-state index in [9.17, 15) is 19.5 Å². The van der Waals surface area contributed by atoms with Gasteiger partial charge in [0.05, 0.1) is 0 Å². The molecular weight excluding hydrogens is 386 g/mol. The van der Waals surface area contributed by atoms with E-state index in [1.807, 2.05) is 30.3 Å². The predicted octanol–water partition coefficient (Wildman–Crippen LogP) is 3.01. The topological polar surface area (TPSA) is 99.2 Å². The fraction of sp³-hybridized carbons (Fsp3) is 0.409. The van der Waals surface area contributed by atoms with Crippen LogP contribution in [0.5, 0.6) is 0 Å². The van der Waals surface area contributed by atoms with Gasteiger partial charge in [-0.3, -0.25) is 4.79 Å². The van der Waals surface area contributed by atoms with Crippen molar-refractivity contribution in [1.29, 1.82) is 0 Å². The summed E-state index contributed by atoms with van der Waals surface area (Å²) in [6.07, 6.45) is 3.01. The molecule has 162 valence electrons. The maximum atomic E-state index is 13.2. The van der Waals surface area contributed by atoms with Gasteiger partial charge in [0.1, 0.15) is 12.6 Å². The Morgan fingerprint density at radius 1 is 1.27 bits per heavy atom. The van der Waals surface area contributed by atoms with Crippen molar-refractivity contribution in [3.05, 3.63) is 61.2 Å². The van der Waals surface area contributed by atoms with Crippen molar-refractivity contribution < 1.29 is 24.2 Å². The number of carbonyl (C=O) groups is 3. The molecule has 0 spiro atoms. The van der Waals surface area contributed by atoms with E-state index in [4.69, 9.17) is 4.74 Å². The fourth-order valence-corrected chi connectivity index (χ4v) is 3.44. The third-order valence-corrected chi connectivity index (χ3v) is 4.92. The number of carbonyl (C=O) groups excluding carboxylic acids is 2. The Kier molecular flexibility index (Phi) is 8.93. The normalized spacial score (nSPS) is 16.8. The molecule has 2 rings (SSSR count). The van der Waals surface area contributed by atoms with Crippen LogP contribution in [0.1, 0.15) is 24.8 Å². The lowest BCUT2D eigenvalue weighted by molar-refractivity contribution is -0.136. The number of nitrogens with zero attached hydrogens (tertiary/aromatic N) is 2. The molecule has 30 heavy (non-hydrogen) atoms. The van der Waals surface area contributed by atoms with Crippen LogP contribution in [0.4, 0.5) is 9.59 Å². The summed E-state index contributed by atoms with van der Waals surface area (Å²) < 4.78 is 5.23. The largest absolute Gasteiger partial charge is 0.465 e. The van der Waals surface area contributed by atoms with Crippen LogP contribution >= 0.6 is 0 Å². The third-order valence-electron chi connectivity index (χ3n) is 4.92. The highest BCUT2D eigenvalue weighted by molar-refractivity contribution is 5.86. The molecule has 3 amide bonds. The lowest BCUT2D eigenvalue weighted by Crippen LogP contribution is -2.56. The van der Waals surface area contributed by atoms with Crippen LogP contribution < -0.4 is 5.32 Å². The average Bonchev–Trinajstić information content (AvgIpc) is 2.76. The van der Waals surface area contributed by atoms with Gasteiger partial charge in [0, 0.05) is 25.7 Å². The molecule has 0 aromatic heterocycles. The number of likely N-dealkylation sites (tertiary alicyclic amines) is 1. The van der Waals surface area contributed by atoms with Gasteiger partial charge < -0.3 is 25.0 Å². The van der Waals surface area contributed by atoms with E-state index in [-0.39, 0.29) is 38.1 Å². The Morgan fingerprint density at radius 2 is 2.00 bits per heavy atom. The maximum absolute atomic E-state index is 13.2. The Morgan fingerprint density at radius 3 is 2.63 bits per heavy atom. The Bertz CT molecular complexity index is 752. The summed E-state index contributed by atoms with van der Waals surface area (Å²) in [4.78, 5) is 39.7. The summed E-state index contributed by atoms with van der Waals surface area (Å²) in [7, 11) is 0. The third kappa shape index (κ3) is 6.65. The van der Waals surface area contributed by atoms with Crippen molar-refractivity contribution in [3.63, 3.8) is 0 Å². The molecule has 1 aliphatic heterocycles. The zero-order chi connectivity index (χ0) is 21.9. The Labute approximate surface area is 176 Å². The monoisotopic (exact) mass is 415 g/mol. The second-order valence-corrected chi connectivity index (χ2v) is 7.09. The van der Waals surface area contributed by atoms with Gasteiger partial charge in [-0.1, -0.05) is 42.5 Å². The molecule has 0 bridgehead atoms. The molecular formula is C22H29N3O5. The number of benzene rings is 1. The molecule has 8 nitrogen and oxygen atoms in total. The average molecular weight is 415 g/mol. The summed E-state index contributed by atoms with van der Waals surface area (Å²) >= 11 is 0. The van der Waals surface area contributed by atoms with E-state index in [0.29, 0.717) is 19.4 Å². The number of hydrogen-bond donors (Lipinski definition) is 2. The van der Waals surface area contributed by atoms with Crippen LogP contribution in [0.15, 0.2) is 55.6 Å². The molecule has 1 aromatic rings. The van der Waals surface area contributed by atoms with Gasteiger partial charge in [-0.15, -0.1) is 13.2 Å². The zero-order valence-electron chi connectivity index (χ0n) is 17.0. The number of nitrogens with one attached hydrogen (secondary N) is 1. The predicted molar refractivity (Wildman–Crippen MR) is 113 cm³/mol. The molecule has 1 aliphatic rings. The summed E-state index contributed by atoms with van der Waals surface area (Å²) in [5.41, 5.74) is 0.837. The smallest absolute Gasteiger partial charge is 0.408 e. The fourth-order valence-electron chi connectivity index (χ4n) is 3.44. The van der Waals surface area contributed by atoms with E-state index in [0.717, 1.165) is 5.56 Å².